The Hall–Kier alpha value is -0.0400. The number of hydrogen-bond donors (Lipinski definition) is 1. The lowest BCUT2D eigenvalue weighted by Crippen LogP contribution is -2.37. The molecule has 2 aliphatic rings. The minimum atomic E-state index is 0.617. The van der Waals surface area contributed by atoms with E-state index in [1.165, 1.54) is 38.5 Å². The standard InChI is InChI=1S/C13H25N/c1-4-10-9-12(10)14-11-5-7-13(2,3)8-6-11/h10-12,14H,4-9H2,1-3H3. The highest BCUT2D eigenvalue weighted by atomic mass is 15.0. The predicted molar refractivity (Wildman–Crippen MR) is 61.4 cm³/mol. The van der Waals surface area contributed by atoms with E-state index in [0.29, 0.717) is 5.41 Å². The smallest absolute Gasteiger partial charge is 0.0102 e. The molecule has 82 valence electrons. The fraction of sp³-hybridized carbons (Fsp3) is 1.00. The highest BCUT2D eigenvalue weighted by molar-refractivity contribution is 4.95. The van der Waals surface area contributed by atoms with E-state index >= 15 is 0 Å². The molecule has 0 aromatic rings. The molecule has 2 unspecified atom stereocenters. The van der Waals surface area contributed by atoms with Crippen molar-refractivity contribution in [3.8, 4) is 0 Å². The van der Waals surface area contributed by atoms with Crippen LogP contribution in [0.1, 0.15) is 59.3 Å². The molecule has 1 N–H and O–H groups in total. The van der Waals surface area contributed by atoms with Gasteiger partial charge in [0.25, 0.3) is 0 Å². The van der Waals surface area contributed by atoms with Crippen LogP contribution in [0.4, 0.5) is 0 Å². The van der Waals surface area contributed by atoms with Gasteiger partial charge in [-0.15, -0.1) is 0 Å². The third-order valence-electron chi connectivity index (χ3n) is 4.24. The molecule has 1 heteroatoms. The molecule has 0 aliphatic heterocycles. The third-order valence-corrected chi connectivity index (χ3v) is 4.24. The lowest BCUT2D eigenvalue weighted by atomic mass is 9.75. The number of hydrogen-bond acceptors (Lipinski definition) is 1. The molecule has 2 rings (SSSR count). The van der Waals surface area contributed by atoms with Crippen LogP contribution in [0.15, 0.2) is 0 Å². The van der Waals surface area contributed by atoms with Crippen molar-refractivity contribution in [3.05, 3.63) is 0 Å². The van der Waals surface area contributed by atoms with Gasteiger partial charge in [0, 0.05) is 12.1 Å². The molecule has 1 nitrogen and oxygen atoms in total. The molecule has 2 fully saturated rings. The maximum atomic E-state index is 3.83. The summed E-state index contributed by atoms with van der Waals surface area (Å²) in [6.45, 7) is 7.14. The van der Waals surface area contributed by atoms with Crippen molar-refractivity contribution in [1.29, 1.82) is 0 Å². The van der Waals surface area contributed by atoms with E-state index in [-0.39, 0.29) is 0 Å². The maximum absolute atomic E-state index is 3.83. The van der Waals surface area contributed by atoms with E-state index in [1.54, 1.807) is 0 Å². The van der Waals surface area contributed by atoms with E-state index in [0.717, 1.165) is 18.0 Å². The van der Waals surface area contributed by atoms with Crippen LogP contribution in [0, 0.1) is 11.3 Å². The molecule has 0 amide bonds. The van der Waals surface area contributed by atoms with Crippen molar-refractivity contribution in [3.63, 3.8) is 0 Å². The Morgan fingerprint density at radius 3 is 2.36 bits per heavy atom. The van der Waals surface area contributed by atoms with Crippen molar-refractivity contribution >= 4 is 0 Å². The molecule has 2 aliphatic carbocycles. The molecule has 0 radical (unpaired) electrons. The van der Waals surface area contributed by atoms with Gasteiger partial charge in [-0.1, -0.05) is 27.2 Å². The van der Waals surface area contributed by atoms with Crippen LogP contribution >= 0.6 is 0 Å². The lowest BCUT2D eigenvalue weighted by molar-refractivity contribution is 0.204. The summed E-state index contributed by atoms with van der Waals surface area (Å²) in [6, 6.07) is 1.72. The second-order valence-corrected chi connectivity index (χ2v) is 6.12. The average Bonchev–Trinajstić information content (AvgIpc) is 2.88. The zero-order valence-corrected chi connectivity index (χ0v) is 9.97. The highest BCUT2D eigenvalue weighted by Crippen LogP contribution is 2.38. The van der Waals surface area contributed by atoms with E-state index in [9.17, 15) is 0 Å². The van der Waals surface area contributed by atoms with Crippen molar-refractivity contribution in [2.24, 2.45) is 11.3 Å². The van der Waals surface area contributed by atoms with Crippen LogP contribution in [0.2, 0.25) is 0 Å². The van der Waals surface area contributed by atoms with Crippen LogP contribution in [0.5, 0.6) is 0 Å². The molecule has 0 aromatic carbocycles. The zero-order valence-electron chi connectivity index (χ0n) is 9.97. The summed E-state index contributed by atoms with van der Waals surface area (Å²) >= 11 is 0. The van der Waals surface area contributed by atoms with E-state index < -0.39 is 0 Å². The lowest BCUT2D eigenvalue weighted by Gasteiger charge is -2.34. The molecule has 0 heterocycles. The van der Waals surface area contributed by atoms with Gasteiger partial charge in [-0.2, -0.15) is 0 Å². The van der Waals surface area contributed by atoms with E-state index in [2.05, 4.69) is 26.1 Å². The second kappa shape index (κ2) is 3.84. The van der Waals surface area contributed by atoms with E-state index in [4.69, 9.17) is 0 Å². The minimum Gasteiger partial charge on any atom is -0.311 e. The van der Waals surface area contributed by atoms with Crippen molar-refractivity contribution in [2.75, 3.05) is 0 Å². The largest absolute Gasteiger partial charge is 0.311 e. The van der Waals surface area contributed by atoms with Gasteiger partial charge in [-0.25, -0.2) is 0 Å². The van der Waals surface area contributed by atoms with E-state index in [1.807, 2.05) is 0 Å². The number of rotatable bonds is 3. The molecule has 0 bridgehead atoms. The third kappa shape index (κ3) is 2.50. The maximum Gasteiger partial charge on any atom is 0.0102 e. The van der Waals surface area contributed by atoms with Gasteiger partial charge >= 0.3 is 0 Å². The molecular weight excluding hydrogens is 170 g/mol. The molecule has 2 atom stereocenters. The first-order valence-corrected chi connectivity index (χ1v) is 6.37. The van der Waals surface area contributed by atoms with Gasteiger partial charge in [0.2, 0.25) is 0 Å². The average molecular weight is 195 g/mol. The summed E-state index contributed by atoms with van der Waals surface area (Å²) in [5.41, 5.74) is 0.617. The van der Waals surface area contributed by atoms with Crippen LogP contribution in [0.25, 0.3) is 0 Å². The first-order valence-electron chi connectivity index (χ1n) is 6.37. The van der Waals surface area contributed by atoms with Crippen LogP contribution in [-0.4, -0.2) is 12.1 Å². The van der Waals surface area contributed by atoms with Crippen molar-refractivity contribution in [2.45, 2.75) is 71.4 Å². The van der Waals surface area contributed by atoms with Crippen LogP contribution in [-0.2, 0) is 0 Å². The normalized spacial score (nSPS) is 37.1. The number of nitrogens with one attached hydrogen (secondary N) is 1. The SMILES string of the molecule is CCC1CC1NC1CCC(C)(C)CC1. The Bertz CT molecular complexity index is 187. The molecule has 0 aromatic heterocycles. The molecule has 2 saturated carbocycles. The Morgan fingerprint density at radius 2 is 1.86 bits per heavy atom. The monoisotopic (exact) mass is 195 g/mol. The van der Waals surface area contributed by atoms with Crippen molar-refractivity contribution < 1.29 is 0 Å². The summed E-state index contributed by atoms with van der Waals surface area (Å²) in [5.74, 6) is 1.00. The summed E-state index contributed by atoms with van der Waals surface area (Å²) in [6.07, 6.45) is 8.44. The summed E-state index contributed by atoms with van der Waals surface area (Å²) in [4.78, 5) is 0. The summed E-state index contributed by atoms with van der Waals surface area (Å²) in [7, 11) is 0. The van der Waals surface area contributed by atoms with Gasteiger partial charge in [-0.05, 0) is 43.4 Å². The Labute approximate surface area is 88.7 Å². The predicted octanol–water partition coefficient (Wildman–Crippen LogP) is 3.34. The van der Waals surface area contributed by atoms with Gasteiger partial charge < -0.3 is 5.32 Å². The first kappa shape index (κ1) is 10.5. The van der Waals surface area contributed by atoms with Gasteiger partial charge in [0.1, 0.15) is 0 Å². The molecular formula is C13H25N. The zero-order chi connectivity index (χ0) is 10.2. The van der Waals surface area contributed by atoms with Gasteiger partial charge in [0.05, 0.1) is 0 Å². The Balaban J connectivity index is 1.69. The second-order valence-electron chi connectivity index (χ2n) is 6.12. The summed E-state index contributed by atoms with van der Waals surface area (Å²) in [5, 5.41) is 3.83. The first-order chi connectivity index (χ1) is 6.61. The Kier molecular flexibility index (Phi) is 2.88. The molecule has 0 spiro atoms. The molecule has 0 saturated heterocycles. The topological polar surface area (TPSA) is 12.0 Å². The fourth-order valence-electron chi connectivity index (χ4n) is 2.77. The van der Waals surface area contributed by atoms with Crippen LogP contribution in [0.3, 0.4) is 0 Å². The van der Waals surface area contributed by atoms with Gasteiger partial charge in [-0.3, -0.25) is 0 Å². The van der Waals surface area contributed by atoms with Crippen LogP contribution < -0.4 is 5.32 Å². The fourth-order valence-corrected chi connectivity index (χ4v) is 2.77. The quantitative estimate of drug-likeness (QED) is 0.728. The highest BCUT2D eigenvalue weighted by Gasteiger charge is 2.37. The summed E-state index contributed by atoms with van der Waals surface area (Å²) < 4.78 is 0. The van der Waals surface area contributed by atoms with Gasteiger partial charge in [0.15, 0.2) is 0 Å². The minimum absolute atomic E-state index is 0.617. The molecule has 14 heavy (non-hydrogen) atoms. The Morgan fingerprint density at radius 1 is 1.21 bits per heavy atom. The van der Waals surface area contributed by atoms with Crippen molar-refractivity contribution in [1.82, 2.24) is 5.32 Å².